The van der Waals surface area contributed by atoms with Gasteiger partial charge in [0, 0.05) is 24.6 Å². The molecule has 0 aliphatic heterocycles. The van der Waals surface area contributed by atoms with Gasteiger partial charge in [-0.15, -0.1) is 0 Å². The first-order valence-corrected chi connectivity index (χ1v) is 7.94. The van der Waals surface area contributed by atoms with Crippen LogP contribution in [0, 0.1) is 0 Å². The number of benzene rings is 1. The number of carbonyl (C=O) groups excluding carboxylic acids is 1. The van der Waals surface area contributed by atoms with Crippen molar-refractivity contribution in [1.29, 1.82) is 0 Å². The molecule has 2 rings (SSSR count). The van der Waals surface area contributed by atoms with E-state index in [2.05, 4.69) is 9.97 Å². The zero-order valence-corrected chi connectivity index (χ0v) is 12.8. The summed E-state index contributed by atoms with van der Waals surface area (Å²) in [5.41, 5.74) is 0.666. The number of rotatable bonds is 8. The van der Waals surface area contributed by atoms with Gasteiger partial charge in [-0.25, -0.2) is 9.97 Å². The Kier molecular flexibility index (Phi) is 6.22. The summed E-state index contributed by atoms with van der Waals surface area (Å²) >= 11 is 1.60. The molecule has 0 bridgehead atoms. The third-order valence-corrected chi connectivity index (χ3v) is 3.79. The topological polar surface area (TPSA) is 52.1 Å². The number of hydrogen-bond acceptors (Lipinski definition) is 5. The van der Waals surface area contributed by atoms with E-state index in [0.717, 1.165) is 17.3 Å². The minimum Gasteiger partial charge on any atom is -0.493 e. The van der Waals surface area contributed by atoms with E-state index in [-0.39, 0.29) is 5.78 Å². The Labute approximate surface area is 129 Å². The van der Waals surface area contributed by atoms with Crippen LogP contribution in [0.4, 0.5) is 0 Å². The van der Waals surface area contributed by atoms with Crippen molar-refractivity contribution >= 4 is 17.5 Å². The van der Waals surface area contributed by atoms with Gasteiger partial charge in [-0.2, -0.15) is 0 Å². The molecule has 5 heteroatoms. The lowest BCUT2D eigenvalue weighted by Gasteiger charge is -2.09. The molecule has 0 unspecified atom stereocenters. The Hall–Kier alpha value is -1.88. The monoisotopic (exact) mass is 302 g/mol. The van der Waals surface area contributed by atoms with Crippen LogP contribution in [0.5, 0.6) is 5.75 Å². The number of thioether (sulfide) groups is 1. The van der Waals surface area contributed by atoms with E-state index in [1.165, 1.54) is 0 Å². The molecule has 0 spiro atoms. The van der Waals surface area contributed by atoms with Crippen LogP contribution >= 0.6 is 11.8 Å². The first-order chi connectivity index (χ1) is 10.3. The van der Waals surface area contributed by atoms with Gasteiger partial charge in [0.1, 0.15) is 5.75 Å². The van der Waals surface area contributed by atoms with E-state index in [1.54, 1.807) is 30.2 Å². The predicted octanol–water partition coefficient (Wildman–Crippen LogP) is 3.63. The van der Waals surface area contributed by atoms with Crippen molar-refractivity contribution < 1.29 is 9.53 Å². The van der Waals surface area contributed by atoms with Crippen molar-refractivity contribution in [2.45, 2.75) is 24.9 Å². The molecule has 0 amide bonds. The first kappa shape index (κ1) is 15.5. The molecule has 0 aliphatic carbocycles. The molecular formula is C16H18N2O2S. The summed E-state index contributed by atoms with van der Waals surface area (Å²) in [5.74, 6) is 1.66. The zero-order chi connectivity index (χ0) is 14.9. The normalized spacial score (nSPS) is 10.3. The van der Waals surface area contributed by atoms with Crippen molar-refractivity contribution in [2.24, 2.45) is 0 Å². The minimum atomic E-state index is 0.109. The average Bonchev–Trinajstić information content (AvgIpc) is 2.55. The van der Waals surface area contributed by atoms with Crippen LogP contribution < -0.4 is 4.74 Å². The Morgan fingerprint density at radius 3 is 2.71 bits per heavy atom. The molecular weight excluding hydrogens is 284 g/mol. The summed E-state index contributed by atoms with van der Waals surface area (Å²) in [6.45, 7) is 2.43. The number of ketones is 1. The van der Waals surface area contributed by atoms with Gasteiger partial charge in [-0.05, 0) is 24.6 Å². The molecule has 0 atom stereocenters. The molecule has 0 saturated heterocycles. The fraction of sp³-hybridized carbons (Fsp3) is 0.312. The highest BCUT2D eigenvalue weighted by atomic mass is 32.2. The lowest BCUT2D eigenvalue weighted by atomic mass is 10.1. The van der Waals surface area contributed by atoms with Crippen LogP contribution in [-0.4, -0.2) is 28.1 Å². The summed E-state index contributed by atoms with van der Waals surface area (Å²) in [4.78, 5) is 20.1. The van der Waals surface area contributed by atoms with Crippen LogP contribution in [0.1, 0.15) is 30.1 Å². The second-order valence-corrected chi connectivity index (χ2v) is 5.42. The number of nitrogens with zero attached hydrogens (tertiary/aromatic N) is 2. The number of aromatic nitrogens is 2. The van der Waals surface area contributed by atoms with Crippen molar-refractivity contribution in [3.8, 4) is 5.75 Å². The summed E-state index contributed by atoms with van der Waals surface area (Å²) in [6.07, 6.45) is 4.83. The number of para-hydroxylation sites is 1. The number of hydrogen-bond donors (Lipinski definition) is 0. The van der Waals surface area contributed by atoms with E-state index in [4.69, 9.17) is 4.74 Å². The van der Waals surface area contributed by atoms with Gasteiger partial charge in [0.15, 0.2) is 10.9 Å². The van der Waals surface area contributed by atoms with Gasteiger partial charge in [0.2, 0.25) is 0 Å². The van der Waals surface area contributed by atoms with Crippen LogP contribution in [0.2, 0.25) is 0 Å². The first-order valence-electron chi connectivity index (χ1n) is 6.96. The van der Waals surface area contributed by atoms with Gasteiger partial charge in [-0.1, -0.05) is 30.8 Å². The molecule has 0 radical (unpaired) electrons. The van der Waals surface area contributed by atoms with E-state index in [0.29, 0.717) is 24.3 Å². The highest BCUT2D eigenvalue weighted by Crippen LogP contribution is 2.20. The summed E-state index contributed by atoms with van der Waals surface area (Å²) in [5, 5.41) is 0.777. The van der Waals surface area contributed by atoms with Gasteiger partial charge in [0.25, 0.3) is 0 Å². The molecule has 21 heavy (non-hydrogen) atoms. The molecule has 0 fully saturated rings. The van der Waals surface area contributed by atoms with E-state index < -0.39 is 0 Å². The maximum Gasteiger partial charge on any atom is 0.187 e. The van der Waals surface area contributed by atoms with E-state index in [1.807, 2.05) is 31.2 Å². The van der Waals surface area contributed by atoms with Crippen LogP contribution in [-0.2, 0) is 0 Å². The van der Waals surface area contributed by atoms with Crippen molar-refractivity contribution in [2.75, 3.05) is 12.4 Å². The molecule has 0 N–H and O–H groups in total. The van der Waals surface area contributed by atoms with Gasteiger partial charge >= 0.3 is 0 Å². The number of Topliss-reactive ketones (excluding diaryl/α,β-unsaturated/α-hetero) is 1. The molecule has 1 aromatic heterocycles. The van der Waals surface area contributed by atoms with Gasteiger partial charge < -0.3 is 4.74 Å². The number of ether oxygens (including phenoxy) is 1. The number of carbonyl (C=O) groups is 1. The van der Waals surface area contributed by atoms with Crippen LogP contribution in [0.25, 0.3) is 0 Å². The molecule has 110 valence electrons. The molecule has 1 aromatic carbocycles. The van der Waals surface area contributed by atoms with Gasteiger partial charge in [-0.3, -0.25) is 4.79 Å². The van der Waals surface area contributed by atoms with Crippen molar-refractivity contribution in [3.63, 3.8) is 0 Å². The lowest BCUT2D eigenvalue weighted by molar-refractivity contribution is 0.0984. The minimum absolute atomic E-state index is 0.109. The van der Waals surface area contributed by atoms with Crippen molar-refractivity contribution in [3.05, 3.63) is 48.3 Å². The Morgan fingerprint density at radius 1 is 1.19 bits per heavy atom. The Balaban J connectivity index is 1.77. The molecule has 4 nitrogen and oxygen atoms in total. The zero-order valence-electron chi connectivity index (χ0n) is 12.0. The van der Waals surface area contributed by atoms with E-state index in [9.17, 15) is 4.79 Å². The summed E-state index contributed by atoms with van der Waals surface area (Å²) in [7, 11) is 0. The fourth-order valence-corrected chi connectivity index (χ4v) is 2.49. The van der Waals surface area contributed by atoms with E-state index >= 15 is 0 Å². The van der Waals surface area contributed by atoms with Gasteiger partial charge in [0.05, 0.1) is 12.2 Å². The maximum absolute atomic E-state index is 11.8. The molecule has 0 aliphatic rings. The highest BCUT2D eigenvalue weighted by molar-refractivity contribution is 7.99. The summed E-state index contributed by atoms with van der Waals surface area (Å²) in [6, 6.07) is 9.20. The average molecular weight is 302 g/mol. The fourth-order valence-electron chi connectivity index (χ4n) is 1.78. The summed E-state index contributed by atoms with van der Waals surface area (Å²) < 4.78 is 5.72. The SMILES string of the molecule is CCC(=O)c1ccccc1OCCCSc1ncccn1. The second kappa shape index (κ2) is 8.42. The lowest BCUT2D eigenvalue weighted by Crippen LogP contribution is -2.05. The molecule has 1 heterocycles. The predicted molar refractivity (Wildman–Crippen MR) is 83.9 cm³/mol. The highest BCUT2D eigenvalue weighted by Gasteiger charge is 2.09. The van der Waals surface area contributed by atoms with Crippen LogP contribution in [0.3, 0.4) is 0 Å². The maximum atomic E-state index is 11.8. The second-order valence-electron chi connectivity index (χ2n) is 4.35. The third kappa shape index (κ3) is 4.86. The third-order valence-electron chi connectivity index (χ3n) is 2.83. The Bertz CT molecular complexity index is 575. The molecule has 2 aromatic rings. The quantitative estimate of drug-likeness (QED) is 0.322. The van der Waals surface area contributed by atoms with Crippen molar-refractivity contribution in [1.82, 2.24) is 9.97 Å². The largest absolute Gasteiger partial charge is 0.493 e. The smallest absolute Gasteiger partial charge is 0.187 e. The Morgan fingerprint density at radius 2 is 1.95 bits per heavy atom. The standard InChI is InChI=1S/C16H18N2O2S/c1-2-14(19)13-7-3-4-8-15(13)20-11-6-12-21-16-17-9-5-10-18-16/h3-5,7-10H,2,6,11-12H2,1H3. The molecule has 0 saturated carbocycles. The van der Waals surface area contributed by atoms with Crippen LogP contribution in [0.15, 0.2) is 47.9 Å².